The van der Waals surface area contributed by atoms with E-state index in [0.29, 0.717) is 0 Å². The van der Waals surface area contributed by atoms with Gasteiger partial charge in [0.1, 0.15) is 0 Å². The Balaban J connectivity index is 2.39. The Morgan fingerprint density at radius 1 is 1.08 bits per heavy atom. The van der Waals surface area contributed by atoms with E-state index in [4.69, 9.17) is 20.6 Å². The molecule has 0 amide bonds. The van der Waals surface area contributed by atoms with E-state index < -0.39 is 26.2 Å². The molecule has 0 aliphatic heterocycles. The fourth-order valence-corrected chi connectivity index (χ4v) is 3.41. The van der Waals surface area contributed by atoms with Crippen LogP contribution < -0.4 is 11.5 Å². The number of nitrogens with two attached hydrogens (primary N) is 2. The first-order chi connectivity index (χ1) is 11.0. The second kappa shape index (κ2) is 6.40. The van der Waals surface area contributed by atoms with E-state index >= 15 is 0 Å². The molecular weight excluding hydrogens is 356 g/mol. The quantitative estimate of drug-likeness (QED) is 0.566. The van der Waals surface area contributed by atoms with Gasteiger partial charge in [0, 0.05) is 17.2 Å². The zero-order valence-electron chi connectivity index (χ0n) is 12.3. The molecule has 1 aliphatic carbocycles. The van der Waals surface area contributed by atoms with Crippen LogP contribution in [0.15, 0.2) is 58.0 Å². The lowest BCUT2D eigenvalue weighted by molar-refractivity contribution is 0.482. The van der Waals surface area contributed by atoms with Gasteiger partial charge >= 0.3 is 0 Å². The summed E-state index contributed by atoms with van der Waals surface area (Å²) in [7, 11) is -8.72. The molecule has 0 fully saturated rings. The van der Waals surface area contributed by atoms with E-state index in [2.05, 4.69) is 0 Å². The van der Waals surface area contributed by atoms with Gasteiger partial charge in [0.15, 0.2) is 0 Å². The SMILES string of the molecule is NC(=C(N)C1C=CC=C(S(=O)(=O)O)C1)c1cccc(S(=O)(=O)O)c1. The van der Waals surface area contributed by atoms with Crippen molar-refractivity contribution in [3.05, 3.63) is 58.7 Å². The van der Waals surface area contributed by atoms with Gasteiger partial charge in [0.05, 0.1) is 15.5 Å². The summed E-state index contributed by atoms with van der Waals surface area (Å²) in [4.78, 5) is -0.536. The van der Waals surface area contributed by atoms with E-state index in [-0.39, 0.29) is 33.2 Å². The van der Waals surface area contributed by atoms with Crippen LogP contribution in [-0.4, -0.2) is 25.9 Å². The lowest BCUT2D eigenvalue weighted by atomic mass is 9.94. The number of hydrogen-bond acceptors (Lipinski definition) is 6. The summed E-state index contributed by atoms with van der Waals surface area (Å²) in [5, 5.41) is 0. The summed E-state index contributed by atoms with van der Waals surface area (Å²) in [6.45, 7) is 0. The number of benzene rings is 1. The molecule has 0 radical (unpaired) electrons. The molecule has 1 aromatic rings. The van der Waals surface area contributed by atoms with Gasteiger partial charge in [0.25, 0.3) is 20.2 Å². The fraction of sp³-hybridized carbons (Fsp3) is 0.143. The van der Waals surface area contributed by atoms with Crippen molar-refractivity contribution >= 4 is 25.9 Å². The van der Waals surface area contributed by atoms with E-state index in [9.17, 15) is 16.8 Å². The number of rotatable bonds is 4. The summed E-state index contributed by atoms with van der Waals surface area (Å²) in [6, 6.07) is 5.24. The lowest BCUT2D eigenvalue weighted by Crippen LogP contribution is -2.20. The highest BCUT2D eigenvalue weighted by Crippen LogP contribution is 2.28. The molecule has 0 bridgehead atoms. The summed E-state index contributed by atoms with van der Waals surface area (Å²) in [5.74, 6) is -0.582. The van der Waals surface area contributed by atoms with Crippen LogP contribution >= 0.6 is 0 Å². The Kier molecular flexibility index (Phi) is 4.85. The maximum Gasteiger partial charge on any atom is 0.294 e. The maximum atomic E-state index is 11.2. The Morgan fingerprint density at radius 3 is 2.33 bits per heavy atom. The van der Waals surface area contributed by atoms with Crippen LogP contribution in [0.4, 0.5) is 0 Å². The Morgan fingerprint density at radius 2 is 1.75 bits per heavy atom. The summed E-state index contributed by atoms with van der Waals surface area (Å²) in [5.41, 5.74) is 12.4. The molecule has 1 unspecified atom stereocenters. The molecule has 1 atom stereocenters. The average Bonchev–Trinajstić information content (AvgIpc) is 2.52. The molecule has 24 heavy (non-hydrogen) atoms. The molecular formula is C14H16N2O6S2. The third kappa shape index (κ3) is 4.03. The first-order valence-electron chi connectivity index (χ1n) is 6.68. The van der Waals surface area contributed by atoms with Crippen molar-refractivity contribution in [3.8, 4) is 0 Å². The minimum Gasteiger partial charge on any atom is -0.400 e. The van der Waals surface area contributed by atoms with Crippen molar-refractivity contribution in [1.29, 1.82) is 0 Å². The van der Waals surface area contributed by atoms with Crippen molar-refractivity contribution in [1.82, 2.24) is 0 Å². The predicted octanol–water partition coefficient (Wildman–Crippen LogP) is 0.867. The molecule has 0 aromatic heterocycles. The second-order valence-electron chi connectivity index (χ2n) is 5.18. The molecule has 0 spiro atoms. The van der Waals surface area contributed by atoms with Crippen molar-refractivity contribution in [2.45, 2.75) is 11.3 Å². The van der Waals surface area contributed by atoms with Gasteiger partial charge in [-0.1, -0.05) is 24.3 Å². The number of hydrogen-bond donors (Lipinski definition) is 4. The second-order valence-corrected chi connectivity index (χ2v) is 8.07. The molecule has 2 rings (SSSR count). The normalized spacial score (nSPS) is 19.6. The van der Waals surface area contributed by atoms with Gasteiger partial charge < -0.3 is 11.5 Å². The Bertz CT molecular complexity index is 959. The highest BCUT2D eigenvalue weighted by atomic mass is 32.2. The highest BCUT2D eigenvalue weighted by Gasteiger charge is 2.23. The molecule has 0 saturated carbocycles. The minimum absolute atomic E-state index is 0.0479. The summed E-state index contributed by atoms with van der Waals surface area (Å²) < 4.78 is 63.0. The molecule has 0 saturated heterocycles. The van der Waals surface area contributed by atoms with Gasteiger partial charge in [-0.3, -0.25) is 9.11 Å². The van der Waals surface area contributed by atoms with Crippen LogP contribution in [0.25, 0.3) is 5.70 Å². The topological polar surface area (TPSA) is 161 Å². The van der Waals surface area contributed by atoms with Gasteiger partial charge in [0.2, 0.25) is 0 Å². The molecule has 8 nitrogen and oxygen atoms in total. The van der Waals surface area contributed by atoms with E-state index in [1.807, 2.05) is 0 Å². The van der Waals surface area contributed by atoms with Crippen LogP contribution in [0.2, 0.25) is 0 Å². The van der Waals surface area contributed by atoms with E-state index in [1.165, 1.54) is 30.4 Å². The standard InChI is InChI=1S/C14H16N2O6S2/c15-13(9-3-1-5-11(7-9)23(17,18)19)14(16)10-4-2-6-12(8-10)24(20,21)22/h1-7,10H,8,15-16H2,(H,17,18,19)(H,20,21,22). The predicted molar refractivity (Wildman–Crippen MR) is 88.4 cm³/mol. The Hall–Kier alpha value is -2.14. The Labute approximate surface area is 139 Å². The van der Waals surface area contributed by atoms with Gasteiger partial charge in [-0.15, -0.1) is 0 Å². The molecule has 1 aromatic carbocycles. The smallest absolute Gasteiger partial charge is 0.294 e. The maximum absolute atomic E-state index is 11.2. The zero-order valence-corrected chi connectivity index (χ0v) is 14.0. The van der Waals surface area contributed by atoms with Crippen LogP contribution in [-0.2, 0) is 20.2 Å². The van der Waals surface area contributed by atoms with Gasteiger partial charge in [-0.05, 0) is 24.6 Å². The molecule has 0 heterocycles. The van der Waals surface area contributed by atoms with Crippen molar-refractivity contribution in [2.24, 2.45) is 17.4 Å². The first kappa shape index (κ1) is 18.2. The van der Waals surface area contributed by atoms with Crippen LogP contribution in [0.5, 0.6) is 0 Å². The van der Waals surface area contributed by atoms with E-state index in [0.717, 1.165) is 6.07 Å². The van der Waals surface area contributed by atoms with Crippen LogP contribution in [0, 0.1) is 5.92 Å². The van der Waals surface area contributed by atoms with Crippen LogP contribution in [0.3, 0.4) is 0 Å². The zero-order chi connectivity index (χ0) is 18.1. The minimum atomic E-state index is -4.39. The monoisotopic (exact) mass is 372 g/mol. The van der Waals surface area contributed by atoms with Crippen molar-refractivity contribution < 1.29 is 25.9 Å². The number of allylic oxidation sites excluding steroid dienone is 4. The summed E-state index contributed by atoms with van der Waals surface area (Å²) >= 11 is 0. The molecule has 1 aliphatic rings. The van der Waals surface area contributed by atoms with Gasteiger partial charge in [-0.2, -0.15) is 16.8 Å². The molecule has 10 heteroatoms. The van der Waals surface area contributed by atoms with Gasteiger partial charge in [-0.25, -0.2) is 0 Å². The third-order valence-electron chi connectivity index (χ3n) is 3.53. The summed E-state index contributed by atoms with van der Waals surface area (Å²) in [6.07, 6.45) is 4.24. The third-order valence-corrected chi connectivity index (χ3v) is 5.35. The first-order valence-corrected chi connectivity index (χ1v) is 9.56. The highest BCUT2D eigenvalue weighted by molar-refractivity contribution is 7.89. The van der Waals surface area contributed by atoms with Crippen LogP contribution in [0.1, 0.15) is 12.0 Å². The van der Waals surface area contributed by atoms with Crippen molar-refractivity contribution in [3.63, 3.8) is 0 Å². The molecule has 6 N–H and O–H groups in total. The average molecular weight is 372 g/mol. The van der Waals surface area contributed by atoms with Crippen molar-refractivity contribution in [2.75, 3.05) is 0 Å². The fourth-order valence-electron chi connectivity index (χ4n) is 2.25. The lowest BCUT2D eigenvalue weighted by Gasteiger charge is -2.19. The largest absolute Gasteiger partial charge is 0.400 e. The molecule has 130 valence electrons. The van der Waals surface area contributed by atoms with E-state index in [1.54, 1.807) is 6.08 Å².